The Bertz CT molecular complexity index is 1250. The largest absolute Gasteiger partial charge is 0.507 e. The van der Waals surface area contributed by atoms with Crippen molar-refractivity contribution in [1.29, 1.82) is 0 Å². The first-order valence-electron chi connectivity index (χ1n) is 11.0. The number of halogens is 1. The predicted molar refractivity (Wildman–Crippen MR) is 128 cm³/mol. The molecule has 1 amide bonds. The van der Waals surface area contributed by atoms with E-state index in [2.05, 4.69) is 15.3 Å². The fraction of sp³-hybridized carbons (Fsp3) is 0.375. The average molecular weight is 471 g/mol. The standard InChI is InChI=1S/C24H26N4O4.ClH/c25-22(30)17-10-16-15(14-6-8-26-9-7-14)11-18(27-23(16)28-24(17)31)21-19(29)2-1-3-20(21)32-12-13-4-5-13;/h1-3,10-11,13-14,26,29H,4-9,12H2,(H2,25,30)(H,27,28,31);1H. The van der Waals surface area contributed by atoms with Crippen LogP contribution in [0.2, 0.25) is 0 Å². The number of hydrogen-bond donors (Lipinski definition) is 4. The number of H-pyrrole nitrogens is 1. The first-order valence-corrected chi connectivity index (χ1v) is 11.0. The summed E-state index contributed by atoms with van der Waals surface area (Å²) in [4.78, 5) is 31.6. The minimum atomic E-state index is -0.773. The Morgan fingerprint density at radius 1 is 1.18 bits per heavy atom. The minimum absolute atomic E-state index is 0. The summed E-state index contributed by atoms with van der Waals surface area (Å²) in [6.07, 6.45) is 4.14. The summed E-state index contributed by atoms with van der Waals surface area (Å²) in [6.45, 7) is 2.36. The molecule has 1 saturated heterocycles. The molecular formula is C24H27ClN4O4. The van der Waals surface area contributed by atoms with Gasteiger partial charge in [0.05, 0.1) is 17.9 Å². The molecular weight excluding hydrogens is 444 g/mol. The number of ether oxygens (including phenoxy) is 1. The molecule has 174 valence electrons. The van der Waals surface area contributed by atoms with Gasteiger partial charge in [0.2, 0.25) is 0 Å². The molecule has 8 nitrogen and oxygen atoms in total. The minimum Gasteiger partial charge on any atom is -0.507 e. The van der Waals surface area contributed by atoms with Gasteiger partial charge in [0.15, 0.2) is 0 Å². The molecule has 1 aromatic carbocycles. The summed E-state index contributed by atoms with van der Waals surface area (Å²) in [7, 11) is 0. The van der Waals surface area contributed by atoms with Crippen molar-refractivity contribution in [2.75, 3.05) is 19.7 Å². The molecule has 1 aliphatic heterocycles. The molecule has 5 N–H and O–H groups in total. The zero-order chi connectivity index (χ0) is 22.2. The number of primary amides is 1. The number of amides is 1. The van der Waals surface area contributed by atoms with Gasteiger partial charge < -0.3 is 25.9 Å². The van der Waals surface area contributed by atoms with E-state index in [-0.39, 0.29) is 29.6 Å². The lowest BCUT2D eigenvalue weighted by Crippen LogP contribution is -2.27. The summed E-state index contributed by atoms with van der Waals surface area (Å²) in [5, 5.41) is 14.8. The fourth-order valence-electron chi connectivity index (χ4n) is 4.38. The van der Waals surface area contributed by atoms with Crippen molar-refractivity contribution < 1.29 is 14.6 Å². The van der Waals surface area contributed by atoms with Crippen LogP contribution in [0, 0.1) is 5.92 Å². The number of aromatic nitrogens is 2. The van der Waals surface area contributed by atoms with Crippen LogP contribution in [-0.4, -0.2) is 40.7 Å². The number of piperidine rings is 1. The highest BCUT2D eigenvalue weighted by molar-refractivity contribution is 5.97. The highest BCUT2D eigenvalue weighted by Crippen LogP contribution is 2.41. The highest BCUT2D eigenvalue weighted by Gasteiger charge is 2.25. The summed E-state index contributed by atoms with van der Waals surface area (Å²) >= 11 is 0. The second kappa shape index (κ2) is 9.41. The van der Waals surface area contributed by atoms with Crippen LogP contribution in [0.1, 0.15) is 47.5 Å². The first-order chi connectivity index (χ1) is 15.5. The van der Waals surface area contributed by atoms with Gasteiger partial charge in [0.1, 0.15) is 22.7 Å². The number of phenolic OH excluding ortho intramolecular Hbond substituents is 1. The van der Waals surface area contributed by atoms with E-state index >= 15 is 0 Å². The van der Waals surface area contributed by atoms with Crippen molar-refractivity contribution in [3.63, 3.8) is 0 Å². The number of benzene rings is 1. The normalized spacial score (nSPS) is 16.4. The number of nitrogens with zero attached hydrogens (tertiary/aromatic N) is 1. The maximum absolute atomic E-state index is 12.4. The van der Waals surface area contributed by atoms with E-state index in [1.54, 1.807) is 18.2 Å². The van der Waals surface area contributed by atoms with Crippen molar-refractivity contribution in [1.82, 2.24) is 15.3 Å². The number of rotatable bonds is 6. The molecule has 9 heteroatoms. The summed E-state index contributed by atoms with van der Waals surface area (Å²) in [5.74, 6) is 0.635. The SMILES string of the molecule is Cl.NC(=O)c1cc2c(C3CCNCC3)cc(-c3c(O)cccc3OCC3CC3)nc2[nH]c1=O. The van der Waals surface area contributed by atoms with Gasteiger partial charge in [-0.3, -0.25) is 9.59 Å². The Balaban J connectivity index is 0.00000259. The number of carbonyl (C=O) groups is 1. The number of nitrogens with two attached hydrogens (primary N) is 1. The maximum atomic E-state index is 12.4. The molecule has 1 aliphatic carbocycles. The van der Waals surface area contributed by atoms with E-state index in [0.29, 0.717) is 40.6 Å². The molecule has 0 bridgehead atoms. The topological polar surface area (TPSA) is 130 Å². The molecule has 2 aliphatic rings. The van der Waals surface area contributed by atoms with E-state index in [4.69, 9.17) is 10.5 Å². The number of phenols is 1. The van der Waals surface area contributed by atoms with Crippen molar-refractivity contribution in [3.8, 4) is 22.8 Å². The fourth-order valence-corrected chi connectivity index (χ4v) is 4.38. The van der Waals surface area contributed by atoms with Gasteiger partial charge in [0.25, 0.3) is 11.5 Å². The van der Waals surface area contributed by atoms with E-state index in [1.807, 2.05) is 12.1 Å². The van der Waals surface area contributed by atoms with E-state index < -0.39 is 11.5 Å². The van der Waals surface area contributed by atoms with Crippen LogP contribution < -0.4 is 21.3 Å². The van der Waals surface area contributed by atoms with Gasteiger partial charge in [-0.25, -0.2) is 4.98 Å². The molecule has 33 heavy (non-hydrogen) atoms. The van der Waals surface area contributed by atoms with Gasteiger partial charge in [-0.05, 0) is 80.4 Å². The lowest BCUT2D eigenvalue weighted by Gasteiger charge is -2.25. The van der Waals surface area contributed by atoms with E-state index in [9.17, 15) is 14.7 Å². The van der Waals surface area contributed by atoms with E-state index in [0.717, 1.165) is 44.3 Å². The molecule has 1 saturated carbocycles. The summed E-state index contributed by atoms with van der Waals surface area (Å²) in [5.41, 5.74) is 7.13. The Morgan fingerprint density at radius 2 is 1.94 bits per heavy atom. The number of aromatic hydroxyl groups is 1. The molecule has 2 aromatic heterocycles. The van der Waals surface area contributed by atoms with Gasteiger partial charge in [-0.15, -0.1) is 12.4 Å². The number of carbonyl (C=O) groups excluding carboxylic acids is 1. The monoisotopic (exact) mass is 470 g/mol. The Hall–Kier alpha value is -3.10. The average Bonchev–Trinajstić information content (AvgIpc) is 3.61. The van der Waals surface area contributed by atoms with Crippen molar-refractivity contribution in [2.45, 2.75) is 31.6 Å². The van der Waals surface area contributed by atoms with Crippen LogP contribution in [0.4, 0.5) is 0 Å². The van der Waals surface area contributed by atoms with Crippen LogP contribution in [-0.2, 0) is 0 Å². The highest BCUT2D eigenvalue weighted by atomic mass is 35.5. The lowest BCUT2D eigenvalue weighted by molar-refractivity contribution is 0.0999. The number of aromatic amines is 1. The third kappa shape index (κ3) is 4.67. The van der Waals surface area contributed by atoms with Crippen molar-refractivity contribution >= 4 is 29.3 Å². The van der Waals surface area contributed by atoms with Gasteiger partial charge >= 0.3 is 0 Å². The number of fused-ring (bicyclic) bond motifs is 1. The zero-order valence-corrected chi connectivity index (χ0v) is 18.9. The number of pyridine rings is 2. The van der Waals surface area contributed by atoms with Crippen LogP contribution in [0.5, 0.6) is 11.5 Å². The quantitative estimate of drug-likeness (QED) is 0.438. The van der Waals surface area contributed by atoms with Crippen molar-refractivity contribution in [2.24, 2.45) is 11.7 Å². The third-order valence-corrected chi connectivity index (χ3v) is 6.33. The molecule has 0 radical (unpaired) electrons. The molecule has 3 heterocycles. The maximum Gasteiger partial charge on any atom is 0.262 e. The number of hydrogen-bond acceptors (Lipinski definition) is 6. The molecule has 5 rings (SSSR count). The molecule has 0 atom stereocenters. The smallest absolute Gasteiger partial charge is 0.262 e. The van der Waals surface area contributed by atoms with Gasteiger partial charge in [0, 0.05) is 5.39 Å². The van der Waals surface area contributed by atoms with Gasteiger partial charge in [-0.1, -0.05) is 6.07 Å². The van der Waals surface area contributed by atoms with Gasteiger partial charge in [-0.2, -0.15) is 0 Å². The van der Waals surface area contributed by atoms with Crippen LogP contribution >= 0.6 is 12.4 Å². The zero-order valence-electron chi connectivity index (χ0n) is 18.1. The lowest BCUT2D eigenvalue weighted by atomic mass is 9.87. The van der Waals surface area contributed by atoms with E-state index in [1.165, 1.54) is 0 Å². The predicted octanol–water partition coefficient (Wildman–Crippen LogP) is 3.07. The Morgan fingerprint density at radius 3 is 2.64 bits per heavy atom. The Labute approximate surface area is 197 Å². The third-order valence-electron chi connectivity index (χ3n) is 6.33. The van der Waals surface area contributed by atoms with Crippen LogP contribution in [0.25, 0.3) is 22.3 Å². The first kappa shape index (κ1) is 23.1. The molecule has 3 aromatic rings. The summed E-state index contributed by atoms with van der Waals surface area (Å²) < 4.78 is 6.02. The van der Waals surface area contributed by atoms with Crippen LogP contribution in [0.15, 0.2) is 35.1 Å². The van der Waals surface area contributed by atoms with Crippen molar-refractivity contribution in [3.05, 3.63) is 51.8 Å². The summed E-state index contributed by atoms with van der Waals surface area (Å²) in [6, 6.07) is 8.66. The Kier molecular flexibility index (Phi) is 6.58. The second-order valence-corrected chi connectivity index (χ2v) is 8.66. The number of nitrogens with one attached hydrogen (secondary N) is 2. The van der Waals surface area contributed by atoms with Crippen LogP contribution in [0.3, 0.4) is 0 Å². The molecule has 0 spiro atoms. The molecule has 2 fully saturated rings. The second-order valence-electron chi connectivity index (χ2n) is 8.66. The molecule has 0 unspecified atom stereocenters.